The highest BCUT2D eigenvalue weighted by Gasteiger charge is 2.38. The summed E-state index contributed by atoms with van der Waals surface area (Å²) in [5.74, 6) is -1.59. The molecule has 0 aliphatic carbocycles. The molecule has 1 N–H and O–H groups in total. The van der Waals surface area contributed by atoms with Gasteiger partial charge in [0, 0.05) is 26.2 Å². The lowest BCUT2D eigenvalue weighted by Crippen LogP contribution is -2.47. The van der Waals surface area contributed by atoms with Crippen LogP contribution >= 0.6 is 0 Å². The first kappa shape index (κ1) is 21.3. The molecule has 9 heteroatoms. The van der Waals surface area contributed by atoms with Gasteiger partial charge in [0.05, 0.1) is 23.7 Å². The van der Waals surface area contributed by atoms with Crippen molar-refractivity contribution in [1.82, 2.24) is 19.8 Å². The van der Waals surface area contributed by atoms with Crippen LogP contribution in [-0.4, -0.2) is 52.7 Å². The summed E-state index contributed by atoms with van der Waals surface area (Å²) in [5.41, 5.74) is 1.67. The van der Waals surface area contributed by atoms with E-state index in [0.717, 1.165) is 17.7 Å². The molecule has 31 heavy (non-hydrogen) atoms. The molecule has 0 saturated carbocycles. The molecule has 0 radical (unpaired) electrons. The van der Waals surface area contributed by atoms with Crippen LogP contribution < -0.4 is 5.32 Å². The van der Waals surface area contributed by atoms with E-state index in [1.54, 1.807) is 12.1 Å². The fourth-order valence-corrected chi connectivity index (χ4v) is 3.77. The first-order chi connectivity index (χ1) is 14.9. The van der Waals surface area contributed by atoms with E-state index >= 15 is 0 Å². The van der Waals surface area contributed by atoms with Crippen LogP contribution in [0.15, 0.2) is 54.6 Å². The third-order valence-corrected chi connectivity index (χ3v) is 5.21. The Kier molecular flexibility index (Phi) is 6.24. The van der Waals surface area contributed by atoms with Crippen LogP contribution in [0.3, 0.4) is 0 Å². The zero-order chi connectivity index (χ0) is 21.8. The van der Waals surface area contributed by atoms with E-state index in [2.05, 4.69) is 27.3 Å². The van der Waals surface area contributed by atoms with Gasteiger partial charge in [-0.05, 0) is 17.7 Å². The molecule has 1 aliphatic heterocycles. The molecule has 0 bridgehead atoms. The van der Waals surface area contributed by atoms with Crippen molar-refractivity contribution in [3.63, 3.8) is 0 Å². The number of imidazole rings is 1. The van der Waals surface area contributed by atoms with Crippen molar-refractivity contribution in [2.24, 2.45) is 0 Å². The van der Waals surface area contributed by atoms with E-state index in [4.69, 9.17) is 4.74 Å². The number of fused-ring (bicyclic) bond motifs is 1. The highest BCUT2D eigenvalue weighted by atomic mass is 19.4. The SMILES string of the molecule is O=C(Cn1c(C(F)(F)F)nc2ccccc21)NCC1CN(Cc2ccccc2)CCO1. The molecule has 1 amide bonds. The largest absolute Gasteiger partial charge is 0.449 e. The zero-order valence-corrected chi connectivity index (χ0v) is 16.8. The number of halogens is 3. The maximum Gasteiger partial charge on any atom is 0.449 e. The van der Waals surface area contributed by atoms with Gasteiger partial charge in [-0.3, -0.25) is 9.69 Å². The number of benzene rings is 2. The Morgan fingerprint density at radius 3 is 2.65 bits per heavy atom. The molecule has 4 rings (SSSR count). The van der Waals surface area contributed by atoms with Gasteiger partial charge in [-0.15, -0.1) is 0 Å². The van der Waals surface area contributed by atoms with Gasteiger partial charge in [0.15, 0.2) is 0 Å². The molecule has 1 saturated heterocycles. The first-order valence-corrected chi connectivity index (χ1v) is 10.1. The summed E-state index contributed by atoms with van der Waals surface area (Å²) in [6, 6.07) is 16.3. The molecule has 1 aliphatic rings. The number of nitrogens with zero attached hydrogens (tertiary/aromatic N) is 3. The number of para-hydroxylation sites is 2. The lowest BCUT2D eigenvalue weighted by Gasteiger charge is -2.33. The minimum Gasteiger partial charge on any atom is -0.374 e. The van der Waals surface area contributed by atoms with E-state index < -0.39 is 24.5 Å². The van der Waals surface area contributed by atoms with Gasteiger partial charge in [0.1, 0.15) is 6.54 Å². The van der Waals surface area contributed by atoms with Crippen LogP contribution in [0.1, 0.15) is 11.4 Å². The van der Waals surface area contributed by atoms with E-state index in [9.17, 15) is 18.0 Å². The van der Waals surface area contributed by atoms with Crippen LogP contribution in [0.4, 0.5) is 13.2 Å². The predicted molar refractivity (Wildman–Crippen MR) is 109 cm³/mol. The molecule has 2 heterocycles. The van der Waals surface area contributed by atoms with Gasteiger partial charge in [-0.1, -0.05) is 42.5 Å². The molecule has 1 aromatic heterocycles. The standard InChI is InChI=1S/C22H23F3N4O2/c23-22(24,25)21-27-18-8-4-5-9-19(18)29(21)15-20(30)26-12-17-14-28(10-11-31-17)13-16-6-2-1-3-7-16/h1-9,17H,10-15H2,(H,26,30). The predicted octanol–water partition coefficient (Wildman–Crippen LogP) is 3.07. The van der Waals surface area contributed by atoms with Crippen molar-refractivity contribution in [2.75, 3.05) is 26.2 Å². The van der Waals surface area contributed by atoms with E-state index in [0.29, 0.717) is 13.2 Å². The number of aromatic nitrogens is 2. The van der Waals surface area contributed by atoms with Crippen LogP contribution in [0.5, 0.6) is 0 Å². The third-order valence-electron chi connectivity index (χ3n) is 5.21. The maximum absolute atomic E-state index is 13.4. The molecule has 1 fully saturated rings. The Morgan fingerprint density at radius 1 is 1.13 bits per heavy atom. The van der Waals surface area contributed by atoms with E-state index in [1.807, 2.05) is 18.2 Å². The smallest absolute Gasteiger partial charge is 0.374 e. The monoisotopic (exact) mass is 432 g/mol. The fraction of sp³-hybridized carbons (Fsp3) is 0.364. The number of morpholine rings is 1. The molecule has 1 unspecified atom stereocenters. The molecular weight excluding hydrogens is 409 g/mol. The van der Waals surface area contributed by atoms with E-state index in [1.165, 1.54) is 17.7 Å². The van der Waals surface area contributed by atoms with Gasteiger partial charge in [0.2, 0.25) is 11.7 Å². The van der Waals surface area contributed by atoms with Crippen LogP contribution in [0.2, 0.25) is 0 Å². The Labute approximate surface area is 177 Å². The fourth-order valence-electron chi connectivity index (χ4n) is 3.77. The average molecular weight is 432 g/mol. The number of alkyl halides is 3. The number of hydrogen-bond donors (Lipinski definition) is 1. The number of nitrogens with one attached hydrogen (secondary N) is 1. The summed E-state index contributed by atoms with van der Waals surface area (Å²) in [7, 11) is 0. The van der Waals surface area contributed by atoms with E-state index in [-0.39, 0.29) is 23.7 Å². The Bertz CT molecular complexity index is 1040. The topological polar surface area (TPSA) is 59.4 Å². The molecule has 6 nitrogen and oxygen atoms in total. The summed E-state index contributed by atoms with van der Waals surface area (Å²) >= 11 is 0. The summed E-state index contributed by atoms with van der Waals surface area (Å²) < 4.78 is 46.8. The van der Waals surface area contributed by atoms with Gasteiger partial charge < -0.3 is 14.6 Å². The Morgan fingerprint density at radius 2 is 1.87 bits per heavy atom. The normalized spacial score (nSPS) is 17.7. The van der Waals surface area contributed by atoms with Gasteiger partial charge in [0.25, 0.3) is 0 Å². The third kappa shape index (κ3) is 5.23. The summed E-state index contributed by atoms with van der Waals surface area (Å²) in [6.45, 7) is 2.52. The van der Waals surface area contributed by atoms with Gasteiger partial charge >= 0.3 is 6.18 Å². The van der Waals surface area contributed by atoms with Gasteiger partial charge in [-0.25, -0.2) is 4.98 Å². The number of carbonyl (C=O) groups excluding carboxylic acids is 1. The molecule has 1 atom stereocenters. The van der Waals surface area contributed by atoms with Crippen LogP contribution in [0, 0.1) is 0 Å². The molecule has 0 spiro atoms. The zero-order valence-electron chi connectivity index (χ0n) is 16.8. The molecule has 3 aromatic rings. The number of ether oxygens (including phenoxy) is 1. The van der Waals surface area contributed by atoms with Crippen molar-refractivity contribution >= 4 is 16.9 Å². The quantitative estimate of drug-likeness (QED) is 0.651. The lowest BCUT2D eigenvalue weighted by atomic mass is 10.2. The molecular formula is C22H23F3N4O2. The molecule has 2 aromatic carbocycles. The lowest BCUT2D eigenvalue weighted by molar-refractivity contribution is -0.147. The second kappa shape index (κ2) is 9.07. The van der Waals surface area contributed by atoms with Crippen molar-refractivity contribution in [2.45, 2.75) is 25.4 Å². The van der Waals surface area contributed by atoms with Crippen LogP contribution in [-0.2, 0) is 28.8 Å². The minimum atomic E-state index is -4.65. The Hall–Kier alpha value is -2.91. The average Bonchev–Trinajstić information content (AvgIpc) is 3.12. The number of carbonyl (C=O) groups is 1. The highest BCUT2D eigenvalue weighted by Crippen LogP contribution is 2.31. The van der Waals surface area contributed by atoms with Crippen molar-refractivity contribution < 1.29 is 22.7 Å². The summed E-state index contributed by atoms with van der Waals surface area (Å²) in [4.78, 5) is 18.4. The number of amides is 1. The minimum absolute atomic E-state index is 0.204. The van der Waals surface area contributed by atoms with Crippen molar-refractivity contribution in [1.29, 1.82) is 0 Å². The Balaban J connectivity index is 1.36. The first-order valence-electron chi connectivity index (χ1n) is 10.1. The second-order valence-electron chi connectivity index (χ2n) is 7.53. The number of hydrogen-bond acceptors (Lipinski definition) is 4. The molecule has 164 valence electrons. The van der Waals surface area contributed by atoms with Crippen LogP contribution in [0.25, 0.3) is 11.0 Å². The maximum atomic E-state index is 13.4. The summed E-state index contributed by atoms with van der Waals surface area (Å²) in [5, 5.41) is 2.71. The number of rotatable bonds is 6. The highest BCUT2D eigenvalue weighted by molar-refractivity contribution is 5.81. The van der Waals surface area contributed by atoms with Gasteiger partial charge in [-0.2, -0.15) is 13.2 Å². The van der Waals surface area contributed by atoms with Crippen molar-refractivity contribution in [3.05, 3.63) is 66.0 Å². The summed E-state index contributed by atoms with van der Waals surface area (Å²) in [6.07, 6.45) is -4.87. The second-order valence-corrected chi connectivity index (χ2v) is 7.53. The van der Waals surface area contributed by atoms with Crippen molar-refractivity contribution in [3.8, 4) is 0 Å².